The molecule has 0 heterocycles. The molecule has 0 saturated heterocycles. The number of nitrogens with two attached hydrogens (primary N) is 1. The summed E-state index contributed by atoms with van der Waals surface area (Å²) in [4.78, 5) is 10.5. The SMILES string of the molecule is CC(O)CC(=O)NN=NN. The molecule has 0 radical (unpaired) electrons. The normalized spacial score (nSPS) is 13.4. The van der Waals surface area contributed by atoms with E-state index in [1.54, 1.807) is 0 Å². The first-order valence-corrected chi connectivity index (χ1v) is 2.73. The molecule has 0 bridgehead atoms. The topological polar surface area (TPSA) is 100 Å². The molecule has 4 N–H and O–H groups in total. The van der Waals surface area contributed by atoms with Crippen molar-refractivity contribution >= 4 is 5.91 Å². The highest BCUT2D eigenvalue weighted by Crippen LogP contribution is 1.87. The van der Waals surface area contributed by atoms with E-state index in [9.17, 15) is 4.79 Å². The summed E-state index contributed by atoms with van der Waals surface area (Å²) in [6.07, 6.45) is -0.674. The van der Waals surface area contributed by atoms with Gasteiger partial charge in [-0.3, -0.25) is 4.79 Å². The van der Waals surface area contributed by atoms with Crippen LogP contribution in [0.2, 0.25) is 0 Å². The van der Waals surface area contributed by atoms with Crippen molar-refractivity contribution in [3.8, 4) is 0 Å². The molecule has 0 aliphatic rings. The van der Waals surface area contributed by atoms with E-state index in [0.29, 0.717) is 0 Å². The zero-order valence-corrected chi connectivity index (χ0v) is 5.61. The Hall–Kier alpha value is -1.17. The van der Waals surface area contributed by atoms with Crippen LogP contribution in [0.5, 0.6) is 0 Å². The quantitative estimate of drug-likeness (QED) is 0.273. The van der Waals surface area contributed by atoms with Gasteiger partial charge in [0.05, 0.1) is 12.5 Å². The molecule has 0 aliphatic heterocycles. The fourth-order valence-corrected chi connectivity index (χ4v) is 0.399. The third-order valence-corrected chi connectivity index (χ3v) is 0.713. The number of aliphatic hydroxyl groups is 1. The number of carbonyl (C=O) groups is 1. The van der Waals surface area contributed by atoms with Gasteiger partial charge in [-0.25, -0.2) is 5.43 Å². The Kier molecular flexibility index (Phi) is 4.14. The minimum absolute atomic E-state index is 0.000972. The Morgan fingerprint density at radius 3 is 2.90 bits per heavy atom. The van der Waals surface area contributed by atoms with Gasteiger partial charge in [-0.1, -0.05) is 5.22 Å². The van der Waals surface area contributed by atoms with Gasteiger partial charge in [-0.15, -0.1) is 0 Å². The van der Waals surface area contributed by atoms with E-state index in [1.807, 2.05) is 5.43 Å². The first-order chi connectivity index (χ1) is 4.66. The summed E-state index contributed by atoms with van der Waals surface area (Å²) in [5.41, 5.74) is 2.00. The number of hydrogen-bond acceptors (Lipinski definition) is 4. The van der Waals surface area contributed by atoms with Gasteiger partial charge in [0, 0.05) is 0 Å². The van der Waals surface area contributed by atoms with Crippen molar-refractivity contribution in [2.75, 3.05) is 0 Å². The zero-order chi connectivity index (χ0) is 7.98. The average Bonchev–Trinajstić information content (AvgIpc) is 1.82. The maximum absolute atomic E-state index is 10.5. The van der Waals surface area contributed by atoms with Crippen LogP contribution >= 0.6 is 0 Å². The van der Waals surface area contributed by atoms with Gasteiger partial charge < -0.3 is 10.9 Å². The predicted molar refractivity (Wildman–Crippen MR) is 33.5 cm³/mol. The second kappa shape index (κ2) is 4.68. The highest BCUT2D eigenvalue weighted by molar-refractivity contribution is 5.75. The van der Waals surface area contributed by atoms with Gasteiger partial charge in [-0.2, -0.15) is 0 Å². The molecule has 0 aromatic heterocycles. The third kappa shape index (κ3) is 4.98. The Labute approximate surface area is 58.1 Å². The van der Waals surface area contributed by atoms with Crippen molar-refractivity contribution in [3.05, 3.63) is 0 Å². The van der Waals surface area contributed by atoms with Crippen LogP contribution < -0.4 is 11.3 Å². The van der Waals surface area contributed by atoms with Crippen molar-refractivity contribution in [2.45, 2.75) is 19.4 Å². The number of rotatable bonds is 3. The molecule has 6 heteroatoms. The van der Waals surface area contributed by atoms with Crippen molar-refractivity contribution in [3.63, 3.8) is 0 Å². The molecule has 0 saturated carbocycles. The zero-order valence-electron chi connectivity index (χ0n) is 5.61. The maximum Gasteiger partial charge on any atom is 0.244 e. The predicted octanol–water partition coefficient (Wildman–Crippen LogP) is -0.886. The Morgan fingerprint density at radius 2 is 2.50 bits per heavy atom. The lowest BCUT2D eigenvalue weighted by molar-refractivity contribution is -0.122. The standard InChI is InChI=1S/C4H10N4O2/c1-3(9)2-4(10)6-8-7-5/h3,9H,2H2,1H3,(H2,5,8)(H,6,7,10). The van der Waals surface area contributed by atoms with Gasteiger partial charge in [0.15, 0.2) is 0 Å². The van der Waals surface area contributed by atoms with Gasteiger partial charge in [-0.05, 0) is 12.1 Å². The molecule has 1 unspecified atom stereocenters. The monoisotopic (exact) mass is 146 g/mol. The minimum Gasteiger partial charge on any atom is -0.393 e. The molecule has 58 valence electrons. The van der Waals surface area contributed by atoms with Crippen molar-refractivity contribution in [2.24, 2.45) is 16.3 Å². The van der Waals surface area contributed by atoms with Gasteiger partial charge >= 0.3 is 0 Å². The Bertz CT molecular complexity index is 133. The first-order valence-electron chi connectivity index (χ1n) is 2.73. The molecule has 0 aromatic rings. The third-order valence-electron chi connectivity index (χ3n) is 0.713. The lowest BCUT2D eigenvalue weighted by Gasteiger charge is -1.99. The molecule has 10 heavy (non-hydrogen) atoms. The molecule has 0 aliphatic carbocycles. The van der Waals surface area contributed by atoms with Crippen LogP contribution in [0.15, 0.2) is 10.4 Å². The molecular weight excluding hydrogens is 136 g/mol. The molecule has 1 atom stereocenters. The summed E-state index contributed by atoms with van der Waals surface area (Å²) in [6, 6.07) is 0. The largest absolute Gasteiger partial charge is 0.393 e. The molecule has 0 aromatic carbocycles. The van der Waals surface area contributed by atoms with E-state index in [0.717, 1.165) is 0 Å². The number of aliphatic hydroxyl groups excluding tert-OH is 1. The van der Waals surface area contributed by atoms with Crippen molar-refractivity contribution in [1.29, 1.82) is 0 Å². The van der Waals surface area contributed by atoms with Crippen LogP contribution in [-0.2, 0) is 4.79 Å². The lowest BCUT2D eigenvalue weighted by Crippen LogP contribution is -2.21. The highest BCUT2D eigenvalue weighted by Gasteiger charge is 2.03. The van der Waals surface area contributed by atoms with Crippen LogP contribution in [0.1, 0.15) is 13.3 Å². The summed E-state index contributed by atoms with van der Waals surface area (Å²) in [6.45, 7) is 1.50. The molecule has 0 fully saturated rings. The van der Waals surface area contributed by atoms with Crippen LogP contribution in [0.4, 0.5) is 0 Å². The number of nitrogens with zero attached hydrogens (tertiary/aromatic N) is 2. The molecular formula is C4H10N4O2. The van der Waals surface area contributed by atoms with Crippen LogP contribution in [-0.4, -0.2) is 17.1 Å². The van der Waals surface area contributed by atoms with Crippen LogP contribution in [0, 0.1) is 0 Å². The van der Waals surface area contributed by atoms with E-state index in [4.69, 9.17) is 5.11 Å². The highest BCUT2D eigenvalue weighted by atomic mass is 16.3. The smallest absolute Gasteiger partial charge is 0.244 e. The fourth-order valence-electron chi connectivity index (χ4n) is 0.399. The summed E-state index contributed by atoms with van der Waals surface area (Å²) < 4.78 is 0. The second-order valence-electron chi connectivity index (χ2n) is 1.80. The van der Waals surface area contributed by atoms with Gasteiger partial charge in [0.25, 0.3) is 0 Å². The fraction of sp³-hybridized carbons (Fsp3) is 0.750. The van der Waals surface area contributed by atoms with E-state index in [1.165, 1.54) is 6.92 Å². The Balaban J connectivity index is 3.44. The summed E-state index contributed by atoms with van der Waals surface area (Å²) in [5, 5.41) is 14.5. The second-order valence-corrected chi connectivity index (χ2v) is 1.80. The number of nitrogens with one attached hydrogen (secondary N) is 1. The average molecular weight is 146 g/mol. The molecule has 0 spiro atoms. The number of amides is 1. The van der Waals surface area contributed by atoms with Crippen molar-refractivity contribution < 1.29 is 9.90 Å². The van der Waals surface area contributed by atoms with E-state index in [2.05, 4.69) is 16.3 Å². The molecule has 6 nitrogen and oxygen atoms in total. The van der Waals surface area contributed by atoms with Gasteiger partial charge in [0.1, 0.15) is 0 Å². The van der Waals surface area contributed by atoms with E-state index >= 15 is 0 Å². The van der Waals surface area contributed by atoms with Crippen LogP contribution in [0.25, 0.3) is 0 Å². The van der Waals surface area contributed by atoms with E-state index in [-0.39, 0.29) is 6.42 Å². The number of hydrogen-bond donors (Lipinski definition) is 3. The molecule has 1 amide bonds. The number of carbonyl (C=O) groups excluding carboxylic acids is 1. The van der Waals surface area contributed by atoms with Crippen LogP contribution in [0.3, 0.4) is 0 Å². The Morgan fingerprint density at radius 1 is 1.90 bits per heavy atom. The van der Waals surface area contributed by atoms with Crippen molar-refractivity contribution in [1.82, 2.24) is 5.43 Å². The molecule has 0 rings (SSSR count). The van der Waals surface area contributed by atoms with E-state index < -0.39 is 12.0 Å². The summed E-state index contributed by atoms with van der Waals surface area (Å²) in [5.74, 6) is 4.18. The lowest BCUT2D eigenvalue weighted by atomic mass is 10.3. The minimum atomic E-state index is -0.673. The maximum atomic E-state index is 10.5. The summed E-state index contributed by atoms with van der Waals surface area (Å²) >= 11 is 0. The summed E-state index contributed by atoms with van der Waals surface area (Å²) in [7, 11) is 0. The van der Waals surface area contributed by atoms with Gasteiger partial charge in [0.2, 0.25) is 5.91 Å². The first kappa shape index (κ1) is 8.83.